The molecule has 0 radical (unpaired) electrons. The van der Waals surface area contributed by atoms with E-state index in [1.54, 1.807) is 0 Å². The molecule has 1 aliphatic carbocycles. The van der Waals surface area contributed by atoms with E-state index < -0.39 is 0 Å². The second-order valence-electron chi connectivity index (χ2n) is 7.48. The predicted octanol–water partition coefficient (Wildman–Crippen LogP) is 6.23. The average Bonchev–Trinajstić information content (AvgIpc) is 2.70. The monoisotopic (exact) mass is 385 g/mol. The van der Waals surface area contributed by atoms with Crippen LogP contribution in [-0.2, 0) is 6.42 Å². The van der Waals surface area contributed by atoms with E-state index in [1.165, 1.54) is 17.5 Å². The molecule has 0 aromatic heterocycles. The molecule has 0 N–H and O–H groups in total. The van der Waals surface area contributed by atoms with Crippen LogP contribution in [0.25, 0.3) is 0 Å². The number of carbonyl (C=O) groups excluding carboxylic acids is 1. The molecule has 0 saturated heterocycles. The minimum atomic E-state index is 0. The lowest BCUT2D eigenvalue weighted by molar-refractivity contribution is 0.102. The van der Waals surface area contributed by atoms with Crippen LogP contribution in [0.3, 0.4) is 0 Å². The number of nitrogens with zero attached hydrogens (tertiary/aromatic N) is 1. The quantitative estimate of drug-likeness (QED) is 0.526. The third kappa shape index (κ3) is 4.62. The Hall–Kier alpha value is -1.64. The van der Waals surface area contributed by atoms with Gasteiger partial charge in [0.05, 0.1) is 0 Å². The molecule has 2 nitrogen and oxygen atoms in total. The number of aryl methyl sites for hydroxylation is 1. The molecule has 0 amide bonds. The number of benzene rings is 2. The van der Waals surface area contributed by atoms with Gasteiger partial charge in [0.15, 0.2) is 5.78 Å². The molecule has 3 heteroatoms. The van der Waals surface area contributed by atoms with Crippen molar-refractivity contribution in [2.24, 2.45) is 0 Å². The molecule has 146 valence electrons. The van der Waals surface area contributed by atoms with Crippen LogP contribution in [0.1, 0.15) is 79.5 Å². The molecule has 0 saturated carbocycles. The Labute approximate surface area is 170 Å². The first-order chi connectivity index (χ1) is 12.7. The van der Waals surface area contributed by atoms with Gasteiger partial charge in [-0.1, -0.05) is 62.4 Å². The maximum atomic E-state index is 13.3. The number of hydrogen-bond donors (Lipinski definition) is 0. The van der Waals surface area contributed by atoms with Gasteiger partial charge in [0, 0.05) is 23.2 Å². The fourth-order valence-corrected chi connectivity index (χ4v) is 4.31. The summed E-state index contributed by atoms with van der Waals surface area (Å²) in [6, 6.07) is 16.9. The number of halogens is 1. The summed E-state index contributed by atoms with van der Waals surface area (Å²) in [7, 11) is 0. The van der Waals surface area contributed by atoms with Gasteiger partial charge in [-0.25, -0.2) is 0 Å². The summed E-state index contributed by atoms with van der Waals surface area (Å²) in [5, 5.41) is 0. The summed E-state index contributed by atoms with van der Waals surface area (Å²) in [4.78, 5) is 15.9. The number of rotatable bonds is 7. The van der Waals surface area contributed by atoms with Crippen LogP contribution in [0, 0.1) is 0 Å². The van der Waals surface area contributed by atoms with Crippen molar-refractivity contribution in [2.75, 3.05) is 6.54 Å². The van der Waals surface area contributed by atoms with Gasteiger partial charge in [-0.05, 0) is 56.7 Å². The standard InChI is InChI=1S/C24H31NO.ClH/c1-4-17-25(18(3)5-2)22-16-10-14-19-13-9-15-21(23(19)22)24(26)20-11-7-6-8-12-20;/h6-9,11-13,15,18,22H,4-5,10,14,16-17H2,1-3H3;1H. The smallest absolute Gasteiger partial charge is 0.193 e. The summed E-state index contributed by atoms with van der Waals surface area (Å²) < 4.78 is 0. The van der Waals surface area contributed by atoms with Crippen LogP contribution in [0.15, 0.2) is 48.5 Å². The molecule has 0 spiro atoms. The zero-order chi connectivity index (χ0) is 18.5. The highest BCUT2D eigenvalue weighted by Gasteiger charge is 2.31. The van der Waals surface area contributed by atoms with Gasteiger partial charge in [-0.2, -0.15) is 0 Å². The first-order valence-corrected chi connectivity index (χ1v) is 10.1. The highest BCUT2D eigenvalue weighted by molar-refractivity contribution is 6.10. The maximum Gasteiger partial charge on any atom is 0.193 e. The molecule has 27 heavy (non-hydrogen) atoms. The van der Waals surface area contributed by atoms with Gasteiger partial charge >= 0.3 is 0 Å². The first-order valence-electron chi connectivity index (χ1n) is 10.1. The summed E-state index contributed by atoms with van der Waals surface area (Å²) in [6.07, 6.45) is 5.72. The predicted molar refractivity (Wildman–Crippen MR) is 116 cm³/mol. The van der Waals surface area contributed by atoms with E-state index in [4.69, 9.17) is 0 Å². The Morgan fingerprint density at radius 2 is 1.85 bits per heavy atom. The van der Waals surface area contributed by atoms with Gasteiger partial charge < -0.3 is 0 Å². The molecule has 0 fully saturated rings. The van der Waals surface area contributed by atoms with Crippen LogP contribution in [0.5, 0.6) is 0 Å². The van der Waals surface area contributed by atoms with Crippen molar-refractivity contribution in [2.45, 2.75) is 65.0 Å². The number of hydrogen-bond acceptors (Lipinski definition) is 2. The average molecular weight is 386 g/mol. The SMILES string of the molecule is CCCN(C(C)CC)C1CCCc2cccc(C(=O)c3ccccc3)c21.Cl. The van der Waals surface area contributed by atoms with Crippen molar-refractivity contribution in [1.82, 2.24) is 4.90 Å². The van der Waals surface area contributed by atoms with Crippen molar-refractivity contribution in [3.05, 3.63) is 70.8 Å². The molecule has 2 unspecified atom stereocenters. The van der Waals surface area contributed by atoms with Crippen molar-refractivity contribution in [1.29, 1.82) is 0 Å². The van der Waals surface area contributed by atoms with Gasteiger partial charge in [0.2, 0.25) is 0 Å². The van der Waals surface area contributed by atoms with E-state index >= 15 is 0 Å². The molecule has 2 aromatic carbocycles. The number of fused-ring (bicyclic) bond motifs is 1. The van der Waals surface area contributed by atoms with E-state index in [-0.39, 0.29) is 18.2 Å². The van der Waals surface area contributed by atoms with Crippen molar-refractivity contribution >= 4 is 18.2 Å². The van der Waals surface area contributed by atoms with Crippen molar-refractivity contribution < 1.29 is 4.79 Å². The Morgan fingerprint density at radius 1 is 1.11 bits per heavy atom. The molecule has 1 aliphatic rings. The Morgan fingerprint density at radius 3 is 2.52 bits per heavy atom. The van der Waals surface area contributed by atoms with E-state index in [9.17, 15) is 4.79 Å². The van der Waals surface area contributed by atoms with E-state index in [2.05, 4.69) is 37.8 Å². The molecule has 2 aromatic rings. The van der Waals surface area contributed by atoms with Crippen molar-refractivity contribution in [3.63, 3.8) is 0 Å². The molecule has 3 rings (SSSR count). The third-order valence-electron chi connectivity index (χ3n) is 5.77. The molecule has 2 atom stereocenters. The van der Waals surface area contributed by atoms with Gasteiger partial charge in [0.25, 0.3) is 0 Å². The Kier molecular flexibility index (Phi) is 8.07. The molecule has 0 aliphatic heterocycles. The zero-order valence-corrected chi connectivity index (χ0v) is 17.6. The van der Waals surface area contributed by atoms with Crippen LogP contribution in [-0.4, -0.2) is 23.3 Å². The minimum Gasteiger partial charge on any atom is -0.294 e. The second-order valence-corrected chi connectivity index (χ2v) is 7.48. The molecular formula is C24H32ClNO. The molecular weight excluding hydrogens is 354 g/mol. The largest absolute Gasteiger partial charge is 0.294 e. The lowest BCUT2D eigenvalue weighted by Crippen LogP contribution is -2.39. The van der Waals surface area contributed by atoms with E-state index in [1.807, 2.05) is 36.4 Å². The minimum absolute atomic E-state index is 0. The first kappa shape index (κ1) is 21.7. The number of ketones is 1. The summed E-state index contributed by atoms with van der Waals surface area (Å²) in [5.41, 5.74) is 4.35. The van der Waals surface area contributed by atoms with Gasteiger partial charge in [-0.15, -0.1) is 12.4 Å². The summed E-state index contributed by atoms with van der Waals surface area (Å²) in [5.74, 6) is 0.162. The third-order valence-corrected chi connectivity index (χ3v) is 5.77. The highest BCUT2D eigenvalue weighted by atomic mass is 35.5. The fraction of sp³-hybridized carbons (Fsp3) is 0.458. The maximum absolute atomic E-state index is 13.3. The lowest BCUT2D eigenvalue weighted by Gasteiger charge is -2.40. The zero-order valence-electron chi connectivity index (χ0n) is 16.8. The van der Waals surface area contributed by atoms with Crippen LogP contribution in [0.4, 0.5) is 0 Å². The van der Waals surface area contributed by atoms with E-state index in [0.29, 0.717) is 12.1 Å². The van der Waals surface area contributed by atoms with Crippen molar-refractivity contribution in [3.8, 4) is 0 Å². The highest BCUT2D eigenvalue weighted by Crippen LogP contribution is 2.38. The fourth-order valence-electron chi connectivity index (χ4n) is 4.31. The lowest BCUT2D eigenvalue weighted by atomic mass is 9.81. The Bertz CT molecular complexity index is 743. The van der Waals surface area contributed by atoms with Crippen LogP contribution in [0.2, 0.25) is 0 Å². The van der Waals surface area contributed by atoms with Crippen LogP contribution < -0.4 is 0 Å². The summed E-state index contributed by atoms with van der Waals surface area (Å²) in [6.45, 7) is 7.93. The number of carbonyl (C=O) groups is 1. The second kappa shape index (κ2) is 10.1. The van der Waals surface area contributed by atoms with E-state index in [0.717, 1.165) is 43.4 Å². The van der Waals surface area contributed by atoms with Gasteiger partial charge in [-0.3, -0.25) is 9.69 Å². The normalized spacial score (nSPS) is 17.1. The topological polar surface area (TPSA) is 20.3 Å². The molecule has 0 bridgehead atoms. The van der Waals surface area contributed by atoms with Gasteiger partial charge in [0.1, 0.15) is 0 Å². The molecule has 0 heterocycles. The van der Waals surface area contributed by atoms with Crippen LogP contribution >= 0.6 is 12.4 Å². The Balaban J connectivity index is 0.00000261. The summed E-state index contributed by atoms with van der Waals surface area (Å²) >= 11 is 0.